The average molecular weight is 375 g/mol. The van der Waals surface area contributed by atoms with Crippen LogP contribution < -0.4 is 10.4 Å². The van der Waals surface area contributed by atoms with Crippen molar-refractivity contribution in [3.8, 4) is 11.3 Å². The number of para-hydroxylation sites is 1. The molecule has 0 atom stereocenters. The molecule has 1 saturated heterocycles. The Kier molecular flexibility index (Phi) is 4.21. The van der Waals surface area contributed by atoms with Crippen molar-refractivity contribution in [3.63, 3.8) is 0 Å². The van der Waals surface area contributed by atoms with E-state index in [9.17, 15) is 19.7 Å². The van der Waals surface area contributed by atoms with Gasteiger partial charge in [-0.15, -0.1) is 0 Å². The lowest BCUT2D eigenvalue weighted by Gasteiger charge is -2.13. The van der Waals surface area contributed by atoms with Gasteiger partial charge in [0.2, 0.25) is 0 Å². The van der Waals surface area contributed by atoms with Crippen molar-refractivity contribution in [2.75, 3.05) is 5.01 Å². The topological polar surface area (TPSA) is 106 Å². The van der Waals surface area contributed by atoms with Gasteiger partial charge in [-0.2, -0.15) is 0 Å². The first-order chi connectivity index (χ1) is 13.5. The summed E-state index contributed by atoms with van der Waals surface area (Å²) >= 11 is 0. The van der Waals surface area contributed by atoms with Gasteiger partial charge in [-0.05, 0) is 30.3 Å². The Labute approximate surface area is 158 Å². The highest BCUT2D eigenvalue weighted by Gasteiger charge is 2.34. The summed E-state index contributed by atoms with van der Waals surface area (Å²) < 4.78 is 5.65. The average Bonchev–Trinajstić information content (AvgIpc) is 3.29. The molecule has 28 heavy (non-hydrogen) atoms. The fraction of sp³-hybridized carbons (Fsp3) is 0. The Balaban J connectivity index is 1.62. The lowest BCUT2D eigenvalue weighted by atomic mass is 10.1. The van der Waals surface area contributed by atoms with Crippen LogP contribution in [-0.4, -0.2) is 16.7 Å². The first-order valence-electron chi connectivity index (χ1n) is 8.30. The number of benzene rings is 2. The van der Waals surface area contributed by atoms with E-state index in [0.29, 0.717) is 17.0 Å². The number of anilines is 1. The number of hydrazine groups is 1. The number of furan rings is 1. The van der Waals surface area contributed by atoms with Crippen molar-refractivity contribution in [2.45, 2.75) is 0 Å². The quantitative estimate of drug-likeness (QED) is 0.326. The largest absolute Gasteiger partial charge is 0.457 e. The number of carbonyl (C=O) groups is 2. The summed E-state index contributed by atoms with van der Waals surface area (Å²) in [6.07, 6.45) is 1.35. The maximum atomic E-state index is 12.6. The Hall–Kier alpha value is -4.20. The van der Waals surface area contributed by atoms with Crippen LogP contribution in [0.3, 0.4) is 0 Å². The first-order valence-corrected chi connectivity index (χ1v) is 8.30. The number of rotatable bonds is 4. The van der Waals surface area contributed by atoms with Crippen molar-refractivity contribution in [1.29, 1.82) is 0 Å². The van der Waals surface area contributed by atoms with E-state index in [2.05, 4.69) is 5.43 Å². The second-order valence-electron chi connectivity index (χ2n) is 5.98. The highest BCUT2D eigenvalue weighted by Crippen LogP contribution is 2.27. The van der Waals surface area contributed by atoms with Crippen LogP contribution in [0.1, 0.15) is 5.76 Å². The molecule has 8 heteroatoms. The molecule has 2 heterocycles. The molecular weight excluding hydrogens is 362 g/mol. The Morgan fingerprint density at radius 1 is 1.00 bits per heavy atom. The summed E-state index contributed by atoms with van der Waals surface area (Å²) in [6, 6.07) is 17.9. The van der Waals surface area contributed by atoms with Gasteiger partial charge >= 0.3 is 0 Å². The molecule has 1 fully saturated rings. The van der Waals surface area contributed by atoms with Gasteiger partial charge < -0.3 is 4.42 Å². The minimum atomic E-state index is -0.540. The van der Waals surface area contributed by atoms with Gasteiger partial charge in [0, 0.05) is 17.7 Å². The van der Waals surface area contributed by atoms with Crippen LogP contribution in [0, 0.1) is 10.1 Å². The molecule has 3 aromatic rings. The van der Waals surface area contributed by atoms with Gasteiger partial charge in [0.05, 0.1) is 10.6 Å². The van der Waals surface area contributed by atoms with E-state index < -0.39 is 16.7 Å². The zero-order valence-electron chi connectivity index (χ0n) is 14.4. The van der Waals surface area contributed by atoms with Crippen LogP contribution in [0.2, 0.25) is 0 Å². The predicted octanol–water partition coefficient (Wildman–Crippen LogP) is 3.32. The van der Waals surface area contributed by atoms with Crippen molar-refractivity contribution in [3.05, 3.63) is 88.2 Å². The standard InChI is InChI=1S/C20H13N3O5/c24-19-17(20(25)22(21-19)14-6-2-1-3-7-14)12-16-9-10-18(28-16)13-5-4-8-15(11-13)23(26)27/h1-12H,(H,21,24)/b17-12-. The molecule has 0 saturated carbocycles. The highest BCUT2D eigenvalue weighted by atomic mass is 16.6. The molecule has 1 aromatic heterocycles. The molecule has 4 rings (SSSR count). The number of nitrogens with one attached hydrogen (secondary N) is 1. The predicted molar refractivity (Wildman–Crippen MR) is 101 cm³/mol. The molecule has 0 aliphatic carbocycles. The first kappa shape index (κ1) is 17.2. The summed E-state index contributed by atoms with van der Waals surface area (Å²) in [4.78, 5) is 35.2. The molecule has 8 nitrogen and oxygen atoms in total. The van der Waals surface area contributed by atoms with E-state index in [0.717, 1.165) is 0 Å². The summed E-state index contributed by atoms with van der Waals surface area (Å²) in [5, 5.41) is 12.1. The Bertz CT molecular complexity index is 1120. The van der Waals surface area contributed by atoms with Crippen molar-refractivity contribution in [2.24, 2.45) is 0 Å². The number of nitro benzene ring substituents is 1. The third-order valence-electron chi connectivity index (χ3n) is 4.16. The highest BCUT2D eigenvalue weighted by molar-refractivity contribution is 6.31. The van der Waals surface area contributed by atoms with Crippen LogP contribution >= 0.6 is 0 Å². The summed E-state index contributed by atoms with van der Waals surface area (Å²) in [5.74, 6) is -0.358. The van der Waals surface area contributed by atoms with Crippen LogP contribution in [0.5, 0.6) is 0 Å². The van der Waals surface area contributed by atoms with Crippen LogP contribution in [0.25, 0.3) is 17.4 Å². The number of hydrogen-bond donors (Lipinski definition) is 1. The van der Waals surface area contributed by atoms with E-state index in [4.69, 9.17) is 4.42 Å². The number of nitrogens with zero attached hydrogens (tertiary/aromatic N) is 2. The maximum absolute atomic E-state index is 12.6. The van der Waals surface area contributed by atoms with Crippen molar-refractivity contribution in [1.82, 2.24) is 5.43 Å². The number of nitro groups is 1. The van der Waals surface area contributed by atoms with Gasteiger partial charge in [0.1, 0.15) is 17.1 Å². The molecule has 0 unspecified atom stereocenters. The molecule has 0 bridgehead atoms. The minimum absolute atomic E-state index is 0.0577. The molecule has 0 radical (unpaired) electrons. The summed E-state index contributed by atoms with van der Waals surface area (Å²) in [5.41, 5.74) is 3.45. The molecule has 2 aromatic carbocycles. The number of hydrogen-bond acceptors (Lipinski definition) is 5. The third-order valence-corrected chi connectivity index (χ3v) is 4.16. The van der Waals surface area contributed by atoms with Crippen molar-refractivity contribution >= 4 is 29.3 Å². The molecule has 2 amide bonds. The zero-order valence-corrected chi connectivity index (χ0v) is 14.4. The Morgan fingerprint density at radius 3 is 2.54 bits per heavy atom. The third kappa shape index (κ3) is 3.14. The lowest BCUT2D eigenvalue weighted by molar-refractivity contribution is -0.384. The second-order valence-corrected chi connectivity index (χ2v) is 5.98. The van der Waals surface area contributed by atoms with Gasteiger partial charge in [-0.1, -0.05) is 30.3 Å². The Morgan fingerprint density at radius 2 is 1.79 bits per heavy atom. The number of carbonyl (C=O) groups excluding carboxylic acids is 2. The van der Waals surface area contributed by atoms with E-state index >= 15 is 0 Å². The smallest absolute Gasteiger partial charge is 0.282 e. The molecule has 1 aliphatic heterocycles. The fourth-order valence-corrected chi connectivity index (χ4v) is 2.82. The molecule has 1 N–H and O–H groups in total. The maximum Gasteiger partial charge on any atom is 0.282 e. The monoisotopic (exact) mass is 375 g/mol. The fourth-order valence-electron chi connectivity index (χ4n) is 2.82. The van der Waals surface area contributed by atoms with Gasteiger partial charge in [0.15, 0.2) is 0 Å². The normalized spacial score (nSPS) is 15.1. The lowest BCUT2D eigenvalue weighted by Crippen LogP contribution is -2.35. The van der Waals surface area contributed by atoms with E-state index in [1.54, 1.807) is 54.6 Å². The van der Waals surface area contributed by atoms with Crippen LogP contribution in [-0.2, 0) is 9.59 Å². The molecule has 1 aliphatic rings. The van der Waals surface area contributed by atoms with E-state index in [1.807, 2.05) is 0 Å². The van der Waals surface area contributed by atoms with Crippen LogP contribution in [0.4, 0.5) is 11.4 Å². The van der Waals surface area contributed by atoms with E-state index in [1.165, 1.54) is 23.2 Å². The van der Waals surface area contributed by atoms with Gasteiger partial charge in [-0.25, -0.2) is 5.01 Å². The van der Waals surface area contributed by atoms with Gasteiger partial charge in [0.25, 0.3) is 17.5 Å². The van der Waals surface area contributed by atoms with Gasteiger partial charge in [-0.3, -0.25) is 25.1 Å². The zero-order chi connectivity index (χ0) is 19.7. The minimum Gasteiger partial charge on any atom is -0.457 e. The molecule has 138 valence electrons. The SMILES string of the molecule is O=C1NN(c2ccccc2)C(=O)/C1=C\c1ccc(-c2cccc([N+](=O)[O-])c2)o1. The summed E-state index contributed by atoms with van der Waals surface area (Å²) in [6.45, 7) is 0. The van der Waals surface area contributed by atoms with Crippen molar-refractivity contribution < 1.29 is 18.9 Å². The number of amides is 2. The van der Waals surface area contributed by atoms with E-state index in [-0.39, 0.29) is 17.0 Å². The summed E-state index contributed by atoms with van der Waals surface area (Å²) in [7, 11) is 0. The molecule has 0 spiro atoms. The number of non-ortho nitro benzene ring substituents is 1. The second kappa shape index (κ2) is 6.84. The molecular formula is C20H13N3O5. The van der Waals surface area contributed by atoms with Crippen LogP contribution in [0.15, 0.2) is 76.7 Å².